The summed E-state index contributed by atoms with van der Waals surface area (Å²) in [5.41, 5.74) is 0.459. The van der Waals surface area contributed by atoms with Gasteiger partial charge in [-0.3, -0.25) is 4.79 Å². The van der Waals surface area contributed by atoms with Crippen LogP contribution in [0.2, 0.25) is 5.02 Å². The second kappa shape index (κ2) is 9.74. The van der Waals surface area contributed by atoms with Gasteiger partial charge in [0.05, 0.1) is 17.7 Å². The maximum atomic E-state index is 13.4. The molecule has 1 aromatic heterocycles. The summed E-state index contributed by atoms with van der Waals surface area (Å²) in [5.74, 6) is -0.906. The van der Waals surface area contributed by atoms with Gasteiger partial charge in [-0.1, -0.05) is 25.4 Å². The highest BCUT2D eigenvalue weighted by molar-refractivity contribution is 7.89. The molecule has 0 saturated carbocycles. The Labute approximate surface area is 198 Å². The zero-order valence-corrected chi connectivity index (χ0v) is 20.8. The molecule has 1 atom stereocenters. The Morgan fingerprint density at radius 3 is 2.33 bits per heavy atom. The van der Waals surface area contributed by atoms with E-state index in [1.165, 1.54) is 40.6 Å². The maximum Gasteiger partial charge on any atom is 0.342 e. The zero-order valence-electron chi connectivity index (χ0n) is 19.2. The number of piperazine rings is 1. The maximum absolute atomic E-state index is 13.4. The van der Waals surface area contributed by atoms with Crippen molar-refractivity contribution in [3.63, 3.8) is 0 Å². The largest absolute Gasteiger partial charge is 0.465 e. The number of ether oxygens (including phenoxy) is 1. The first-order valence-corrected chi connectivity index (χ1v) is 12.3. The third-order valence-electron chi connectivity index (χ3n) is 5.46. The molecule has 1 fully saturated rings. The SMILES string of the molecule is COC(=O)c1c(C(=O)N2CCN(S(=O)(=O)c3ccc(Cl)cc3)C(C)C2)nc(C)nc1C(C)C. The van der Waals surface area contributed by atoms with Crippen molar-refractivity contribution in [1.29, 1.82) is 0 Å². The predicted octanol–water partition coefficient (Wildman–Crippen LogP) is 2.88. The molecule has 0 bridgehead atoms. The summed E-state index contributed by atoms with van der Waals surface area (Å²) in [7, 11) is -2.52. The molecule has 2 heterocycles. The smallest absolute Gasteiger partial charge is 0.342 e. The van der Waals surface area contributed by atoms with E-state index in [1.54, 1.807) is 13.8 Å². The Hall–Kier alpha value is -2.56. The summed E-state index contributed by atoms with van der Waals surface area (Å²) in [4.78, 5) is 36.2. The van der Waals surface area contributed by atoms with Gasteiger partial charge in [0.15, 0.2) is 0 Å². The summed E-state index contributed by atoms with van der Waals surface area (Å²) < 4.78 is 32.5. The highest BCUT2D eigenvalue weighted by Crippen LogP contribution is 2.26. The Kier molecular flexibility index (Phi) is 7.40. The molecule has 1 aliphatic rings. The van der Waals surface area contributed by atoms with Crippen LogP contribution in [0.1, 0.15) is 59.1 Å². The lowest BCUT2D eigenvalue weighted by atomic mass is 10.0. The number of esters is 1. The molecule has 11 heteroatoms. The average molecular weight is 495 g/mol. The molecule has 1 aliphatic heterocycles. The molecule has 1 aromatic carbocycles. The lowest BCUT2D eigenvalue weighted by Gasteiger charge is -2.39. The first-order valence-electron chi connectivity index (χ1n) is 10.5. The number of carbonyl (C=O) groups is 2. The number of nitrogens with zero attached hydrogens (tertiary/aromatic N) is 4. The molecule has 1 saturated heterocycles. The fourth-order valence-electron chi connectivity index (χ4n) is 3.84. The first kappa shape index (κ1) is 25.1. The van der Waals surface area contributed by atoms with Crippen molar-refractivity contribution in [3.8, 4) is 0 Å². The predicted molar refractivity (Wildman–Crippen MR) is 123 cm³/mol. The minimum absolute atomic E-state index is 0.0285. The Morgan fingerprint density at radius 2 is 1.79 bits per heavy atom. The topological polar surface area (TPSA) is 110 Å². The molecule has 0 N–H and O–H groups in total. The summed E-state index contributed by atoms with van der Waals surface area (Å²) in [5, 5.41) is 0.444. The second-order valence-corrected chi connectivity index (χ2v) is 10.5. The van der Waals surface area contributed by atoms with Crippen molar-refractivity contribution in [2.24, 2.45) is 0 Å². The number of hydrogen-bond acceptors (Lipinski definition) is 7. The van der Waals surface area contributed by atoms with Crippen LogP contribution in [0.25, 0.3) is 0 Å². The van der Waals surface area contributed by atoms with Crippen LogP contribution in [-0.4, -0.2) is 72.3 Å². The quantitative estimate of drug-likeness (QED) is 0.588. The van der Waals surface area contributed by atoms with Crippen molar-refractivity contribution in [1.82, 2.24) is 19.2 Å². The van der Waals surface area contributed by atoms with E-state index in [9.17, 15) is 18.0 Å². The third kappa shape index (κ3) is 5.02. The van der Waals surface area contributed by atoms with Crippen molar-refractivity contribution in [2.45, 2.75) is 44.6 Å². The first-order chi connectivity index (χ1) is 15.5. The monoisotopic (exact) mass is 494 g/mol. The molecular weight excluding hydrogens is 468 g/mol. The lowest BCUT2D eigenvalue weighted by Crippen LogP contribution is -2.55. The molecule has 33 heavy (non-hydrogen) atoms. The molecule has 0 aliphatic carbocycles. The number of methoxy groups -OCH3 is 1. The Bertz CT molecular complexity index is 1170. The second-order valence-electron chi connectivity index (χ2n) is 8.20. The van der Waals surface area contributed by atoms with Crippen LogP contribution in [0.15, 0.2) is 29.2 Å². The van der Waals surface area contributed by atoms with Gasteiger partial charge in [-0.05, 0) is 44.0 Å². The van der Waals surface area contributed by atoms with E-state index in [0.29, 0.717) is 16.5 Å². The summed E-state index contributed by atoms with van der Waals surface area (Å²) in [6.45, 7) is 7.52. The Morgan fingerprint density at radius 1 is 1.15 bits per heavy atom. The summed E-state index contributed by atoms with van der Waals surface area (Å²) in [6.07, 6.45) is 0. The molecule has 1 unspecified atom stereocenters. The van der Waals surface area contributed by atoms with Gasteiger partial charge in [-0.15, -0.1) is 0 Å². The van der Waals surface area contributed by atoms with Gasteiger partial charge in [0.1, 0.15) is 17.1 Å². The number of benzene rings is 1. The van der Waals surface area contributed by atoms with E-state index in [2.05, 4.69) is 9.97 Å². The van der Waals surface area contributed by atoms with E-state index in [1.807, 2.05) is 13.8 Å². The molecular formula is C22H27ClN4O5S. The van der Waals surface area contributed by atoms with Gasteiger partial charge in [0.2, 0.25) is 10.0 Å². The fraction of sp³-hybridized carbons (Fsp3) is 0.455. The van der Waals surface area contributed by atoms with E-state index >= 15 is 0 Å². The minimum atomic E-state index is -3.75. The van der Waals surface area contributed by atoms with Crippen LogP contribution in [0.5, 0.6) is 0 Å². The third-order valence-corrected chi connectivity index (χ3v) is 7.74. The molecule has 0 spiro atoms. The molecule has 3 rings (SSSR count). The standard InChI is InChI=1S/C22H27ClN4O5S/c1-13(2)19-18(22(29)32-5)20(25-15(4)24-19)21(28)26-10-11-27(14(3)12-26)33(30,31)17-8-6-16(23)7-9-17/h6-9,13-14H,10-12H2,1-5H3. The molecule has 0 radical (unpaired) electrons. The van der Waals surface area contributed by atoms with Gasteiger partial charge in [0.25, 0.3) is 5.91 Å². The minimum Gasteiger partial charge on any atom is -0.465 e. The number of halogens is 1. The van der Waals surface area contributed by atoms with Crippen LogP contribution in [0.3, 0.4) is 0 Å². The van der Waals surface area contributed by atoms with Crippen LogP contribution in [0.4, 0.5) is 0 Å². The lowest BCUT2D eigenvalue weighted by molar-refractivity contribution is 0.0569. The number of aromatic nitrogens is 2. The van der Waals surface area contributed by atoms with E-state index in [0.717, 1.165) is 0 Å². The number of amides is 1. The Balaban J connectivity index is 1.90. The number of aryl methyl sites for hydroxylation is 1. The van der Waals surface area contributed by atoms with Gasteiger partial charge in [-0.2, -0.15) is 4.31 Å². The highest BCUT2D eigenvalue weighted by Gasteiger charge is 2.37. The van der Waals surface area contributed by atoms with Crippen molar-refractivity contribution < 1.29 is 22.7 Å². The number of carbonyl (C=O) groups excluding carboxylic acids is 2. The van der Waals surface area contributed by atoms with Crippen molar-refractivity contribution in [3.05, 3.63) is 52.1 Å². The molecule has 1 amide bonds. The zero-order chi connectivity index (χ0) is 24.5. The van der Waals surface area contributed by atoms with Gasteiger partial charge in [0, 0.05) is 30.7 Å². The van der Waals surface area contributed by atoms with Crippen molar-refractivity contribution in [2.75, 3.05) is 26.7 Å². The van der Waals surface area contributed by atoms with Crippen LogP contribution in [-0.2, 0) is 14.8 Å². The molecule has 178 valence electrons. The summed E-state index contributed by atoms with van der Waals surface area (Å²) in [6, 6.07) is 5.48. The van der Waals surface area contributed by atoms with Crippen LogP contribution >= 0.6 is 11.6 Å². The van der Waals surface area contributed by atoms with Crippen LogP contribution < -0.4 is 0 Å². The van der Waals surface area contributed by atoms with E-state index in [4.69, 9.17) is 16.3 Å². The van der Waals surface area contributed by atoms with Gasteiger partial charge < -0.3 is 9.64 Å². The number of sulfonamides is 1. The highest BCUT2D eigenvalue weighted by atomic mass is 35.5. The number of hydrogen-bond donors (Lipinski definition) is 0. The number of rotatable bonds is 5. The molecule has 2 aromatic rings. The summed E-state index contributed by atoms with van der Waals surface area (Å²) >= 11 is 5.88. The van der Waals surface area contributed by atoms with E-state index < -0.39 is 27.9 Å². The normalized spacial score (nSPS) is 17.3. The van der Waals surface area contributed by atoms with Gasteiger partial charge >= 0.3 is 5.97 Å². The average Bonchev–Trinajstić information content (AvgIpc) is 2.77. The van der Waals surface area contributed by atoms with Crippen LogP contribution in [0, 0.1) is 6.92 Å². The fourth-order valence-corrected chi connectivity index (χ4v) is 5.58. The molecule has 9 nitrogen and oxygen atoms in total. The van der Waals surface area contributed by atoms with Crippen molar-refractivity contribution >= 4 is 33.5 Å². The van der Waals surface area contributed by atoms with Gasteiger partial charge in [-0.25, -0.2) is 23.2 Å². The van der Waals surface area contributed by atoms with E-state index in [-0.39, 0.29) is 41.7 Å².